The van der Waals surface area contributed by atoms with E-state index >= 15 is 0 Å². The third-order valence-electron chi connectivity index (χ3n) is 4.11. The summed E-state index contributed by atoms with van der Waals surface area (Å²) < 4.78 is 8.29. The van der Waals surface area contributed by atoms with Crippen molar-refractivity contribution in [3.8, 4) is 5.75 Å². The van der Waals surface area contributed by atoms with Crippen molar-refractivity contribution in [2.75, 3.05) is 19.1 Å². The van der Waals surface area contributed by atoms with Crippen molar-refractivity contribution in [1.29, 1.82) is 0 Å². The molecule has 9 heteroatoms. The Balaban J connectivity index is 1.94. The molecular formula is C20H19N3O4S2. The number of nitro groups is 1. The summed E-state index contributed by atoms with van der Waals surface area (Å²) in [4.78, 5) is 27.7. The molecule has 0 aliphatic carbocycles. The Bertz CT molecular complexity index is 1150. The number of hydrogen-bond acceptors (Lipinski definition) is 6. The predicted molar refractivity (Wildman–Crippen MR) is 117 cm³/mol. The molecule has 0 aliphatic rings. The zero-order chi connectivity index (χ0) is 20.8. The van der Waals surface area contributed by atoms with E-state index in [1.165, 1.54) is 35.6 Å². The number of aromatic nitrogens is 1. The zero-order valence-corrected chi connectivity index (χ0v) is 17.5. The van der Waals surface area contributed by atoms with Gasteiger partial charge in [0.15, 0.2) is 4.80 Å². The Labute approximate surface area is 175 Å². The van der Waals surface area contributed by atoms with E-state index in [1.54, 1.807) is 31.0 Å². The summed E-state index contributed by atoms with van der Waals surface area (Å²) in [5.41, 5.74) is 1.54. The van der Waals surface area contributed by atoms with Crippen LogP contribution < -0.4 is 9.54 Å². The smallest absolute Gasteiger partial charge is 0.272 e. The van der Waals surface area contributed by atoms with Crippen molar-refractivity contribution in [2.24, 2.45) is 4.99 Å². The molecule has 0 saturated heterocycles. The van der Waals surface area contributed by atoms with Crippen LogP contribution in [0.5, 0.6) is 5.75 Å². The van der Waals surface area contributed by atoms with Crippen molar-refractivity contribution < 1.29 is 14.5 Å². The van der Waals surface area contributed by atoms with Gasteiger partial charge in [-0.05, 0) is 36.1 Å². The van der Waals surface area contributed by atoms with E-state index in [0.717, 1.165) is 28.3 Å². The van der Waals surface area contributed by atoms with Crippen LogP contribution in [0.2, 0.25) is 0 Å². The molecule has 2 aromatic carbocycles. The van der Waals surface area contributed by atoms with Gasteiger partial charge in [0, 0.05) is 30.5 Å². The second-order valence-electron chi connectivity index (χ2n) is 6.00. The van der Waals surface area contributed by atoms with E-state index in [1.807, 2.05) is 29.0 Å². The molecule has 1 amide bonds. The number of methoxy groups -OCH3 is 1. The minimum absolute atomic E-state index is 0.0232. The lowest BCUT2D eigenvalue weighted by Crippen LogP contribution is -2.17. The topological polar surface area (TPSA) is 86.7 Å². The summed E-state index contributed by atoms with van der Waals surface area (Å²) >= 11 is 3.14. The molecule has 1 aromatic heterocycles. The molecule has 3 rings (SSSR count). The predicted octanol–water partition coefficient (Wildman–Crippen LogP) is 4.12. The number of nitrogens with zero attached hydrogens (tertiary/aromatic N) is 3. The van der Waals surface area contributed by atoms with Crippen molar-refractivity contribution >= 4 is 51.0 Å². The van der Waals surface area contributed by atoms with Gasteiger partial charge in [0.2, 0.25) is 0 Å². The summed E-state index contributed by atoms with van der Waals surface area (Å²) in [6.45, 7) is 0.730. The highest BCUT2D eigenvalue weighted by Gasteiger charge is 2.09. The Hall–Kier alpha value is -2.91. The number of benzene rings is 2. The fraction of sp³-hybridized carbons (Fsp3) is 0.200. The van der Waals surface area contributed by atoms with Gasteiger partial charge in [-0.25, -0.2) is 0 Å². The molecule has 7 nitrogen and oxygen atoms in total. The first kappa shape index (κ1) is 20.8. The van der Waals surface area contributed by atoms with Crippen LogP contribution >= 0.6 is 23.1 Å². The van der Waals surface area contributed by atoms with Gasteiger partial charge in [-0.3, -0.25) is 14.9 Å². The minimum atomic E-state index is -0.469. The molecule has 0 atom stereocenters. The van der Waals surface area contributed by atoms with Gasteiger partial charge in [0.05, 0.1) is 22.2 Å². The summed E-state index contributed by atoms with van der Waals surface area (Å²) in [5.74, 6) is 1.22. The number of fused-ring (bicyclic) bond motifs is 1. The van der Waals surface area contributed by atoms with Gasteiger partial charge in [-0.2, -0.15) is 16.8 Å². The SMILES string of the molecule is COc1ccc2c(c1)sc(=NC(=O)/C=C/c1cccc([N+](=O)[O-])c1)n2CCSC. The maximum absolute atomic E-state index is 12.4. The first-order valence-corrected chi connectivity index (χ1v) is 10.9. The van der Waals surface area contributed by atoms with Crippen molar-refractivity contribution in [3.05, 3.63) is 69.0 Å². The average Bonchev–Trinajstić information content (AvgIpc) is 3.06. The largest absolute Gasteiger partial charge is 0.497 e. The normalized spacial score (nSPS) is 12.0. The Morgan fingerprint density at radius 2 is 2.17 bits per heavy atom. The maximum Gasteiger partial charge on any atom is 0.272 e. The number of ether oxygens (including phenoxy) is 1. The van der Waals surface area contributed by atoms with Crippen molar-refractivity contribution in [1.82, 2.24) is 4.57 Å². The zero-order valence-electron chi connectivity index (χ0n) is 15.9. The van der Waals surface area contributed by atoms with Crippen molar-refractivity contribution in [3.63, 3.8) is 0 Å². The van der Waals surface area contributed by atoms with Crippen LogP contribution in [0.15, 0.2) is 53.5 Å². The van der Waals surface area contributed by atoms with Crippen molar-refractivity contribution in [2.45, 2.75) is 6.54 Å². The molecule has 1 heterocycles. The summed E-state index contributed by atoms with van der Waals surface area (Å²) in [6.07, 6.45) is 4.88. The van der Waals surface area contributed by atoms with Gasteiger partial charge in [-0.15, -0.1) is 0 Å². The quantitative estimate of drug-likeness (QED) is 0.320. The molecule has 0 fully saturated rings. The first-order chi connectivity index (χ1) is 14.0. The molecule has 0 aliphatic heterocycles. The molecule has 0 radical (unpaired) electrons. The van der Waals surface area contributed by atoms with E-state index in [-0.39, 0.29) is 5.69 Å². The summed E-state index contributed by atoms with van der Waals surface area (Å²) in [7, 11) is 1.62. The molecule has 0 bridgehead atoms. The van der Waals surface area contributed by atoms with E-state index < -0.39 is 10.8 Å². The van der Waals surface area contributed by atoms with Crippen LogP contribution in [-0.2, 0) is 11.3 Å². The number of carbonyl (C=O) groups is 1. The minimum Gasteiger partial charge on any atom is -0.497 e. The summed E-state index contributed by atoms with van der Waals surface area (Å²) in [5, 5.41) is 10.9. The monoisotopic (exact) mass is 429 g/mol. The molecule has 3 aromatic rings. The Morgan fingerprint density at radius 1 is 1.34 bits per heavy atom. The Morgan fingerprint density at radius 3 is 2.90 bits per heavy atom. The number of thioether (sulfide) groups is 1. The van der Waals surface area contributed by atoms with Crippen LogP contribution in [0.4, 0.5) is 5.69 Å². The van der Waals surface area contributed by atoms with Gasteiger partial charge >= 0.3 is 0 Å². The number of hydrogen-bond donors (Lipinski definition) is 0. The highest BCUT2D eigenvalue weighted by atomic mass is 32.2. The third kappa shape index (κ3) is 5.12. The maximum atomic E-state index is 12.4. The lowest BCUT2D eigenvalue weighted by atomic mass is 10.2. The molecular weight excluding hydrogens is 410 g/mol. The van der Waals surface area contributed by atoms with E-state index in [2.05, 4.69) is 4.99 Å². The van der Waals surface area contributed by atoms with Crippen LogP contribution in [0, 0.1) is 10.1 Å². The van der Waals surface area contributed by atoms with Crippen LogP contribution in [0.1, 0.15) is 5.56 Å². The lowest BCUT2D eigenvalue weighted by molar-refractivity contribution is -0.384. The van der Waals surface area contributed by atoms with E-state index in [4.69, 9.17) is 4.74 Å². The molecule has 0 saturated carbocycles. The molecule has 0 spiro atoms. The van der Waals surface area contributed by atoms with Gasteiger partial charge in [-0.1, -0.05) is 23.5 Å². The van der Waals surface area contributed by atoms with Gasteiger partial charge in [0.25, 0.3) is 11.6 Å². The number of thiazole rings is 1. The number of carbonyl (C=O) groups excluding carboxylic acids is 1. The number of nitro benzene ring substituents is 1. The van der Waals surface area contributed by atoms with Gasteiger partial charge < -0.3 is 9.30 Å². The fourth-order valence-corrected chi connectivity index (χ4v) is 4.16. The van der Waals surface area contributed by atoms with Crippen LogP contribution in [-0.4, -0.2) is 34.5 Å². The molecule has 29 heavy (non-hydrogen) atoms. The first-order valence-electron chi connectivity index (χ1n) is 8.69. The number of aryl methyl sites for hydroxylation is 1. The molecule has 150 valence electrons. The van der Waals surface area contributed by atoms with Crippen LogP contribution in [0.3, 0.4) is 0 Å². The van der Waals surface area contributed by atoms with Gasteiger partial charge in [0.1, 0.15) is 5.75 Å². The highest BCUT2D eigenvalue weighted by molar-refractivity contribution is 7.98. The lowest BCUT2D eigenvalue weighted by Gasteiger charge is -2.04. The third-order valence-corrected chi connectivity index (χ3v) is 5.75. The van der Waals surface area contributed by atoms with E-state index in [0.29, 0.717) is 10.4 Å². The fourth-order valence-electron chi connectivity index (χ4n) is 2.71. The standard InChI is InChI=1S/C20H19N3O4S2/c1-27-16-7-8-17-18(13-16)29-20(22(17)10-11-28-2)21-19(24)9-6-14-4-3-5-15(12-14)23(25)26/h3-9,12-13H,10-11H2,1-2H3/b9-6+,21-20?. The molecule has 0 unspecified atom stereocenters. The number of rotatable bonds is 7. The average molecular weight is 430 g/mol. The second-order valence-corrected chi connectivity index (χ2v) is 7.99. The number of amides is 1. The highest BCUT2D eigenvalue weighted by Crippen LogP contribution is 2.23. The molecule has 0 N–H and O–H groups in total. The summed E-state index contributed by atoms with van der Waals surface area (Å²) in [6, 6.07) is 11.9. The van der Waals surface area contributed by atoms with Crippen LogP contribution in [0.25, 0.3) is 16.3 Å². The second kappa shape index (κ2) is 9.53. The Kier molecular flexibility index (Phi) is 6.84. The number of non-ortho nitro benzene ring substituents is 1. The van der Waals surface area contributed by atoms with E-state index in [9.17, 15) is 14.9 Å².